The van der Waals surface area contributed by atoms with Crippen LogP contribution in [0.5, 0.6) is 0 Å². The third-order valence-electron chi connectivity index (χ3n) is 3.57. The van der Waals surface area contributed by atoms with Crippen molar-refractivity contribution in [1.82, 2.24) is 4.98 Å². The number of nitrogens with zero attached hydrogens (tertiary/aromatic N) is 1. The first kappa shape index (κ1) is 17.6. The molecule has 1 N–H and O–H groups in total. The van der Waals surface area contributed by atoms with Gasteiger partial charge < -0.3 is 5.11 Å². The van der Waals surface area contributed by atoms with Gasteiger partial charge in [0.2, 0.25) is 0 Å². The van der Waals surface area contributed by atoms with Crippen LogP contribution in [0.2, 0.25) is 5.02 Å². The van der Waals surface area contributed by atoms with Crippen LogP contribution >= 0.6 is 22.9 Å². The number of carbonyl (C=O) groups is 2. The van der Waals surface area contributed by atoms with Gasteiger partial charge in [0.05, 0.1) is 11.1 Å². The Morgan fingerprint density at radius 2 is 1.87 bits per heavy atom. The van der Waals surface area contributed by atoms with Crippen molar-refractivity contribution in [2.75, 3.05) is 0 Å². The molecule has 122 valence electrons. The highest BCUT2D eigenvalue weighted by Crippen LogP contribution is 2.29. The molecule has 0 radical (unpaired) electrons. The Labute approximate surface area is 144 Å². The molecule has 1 heterocycles. The predicted molar refractivity (Wildman–Crippen MR) is 92.0 cm³/mol. The predicted octanol–water partition coefficient (Wildman–Crippen LogP) is 4.38. The molecule has 2 rings (SSSR count). The standard InChI is InChI=1S/C17H18ClNO3S/c1-10-14(8-13(20)9-17(2,3)16(21)22)19-15(23-10)11-4-6-12(18)7-5-11/h4-7H,8-9H2,1-3H3,(H,21,22). The van der Waals surface area contributed by atoms with Gasteiger partial charge in [0.15, 0.2) is 0 Å². The molecule has 0 unspecified atom stereocenters. The lowest BCUT2D eigenvalue weighted by Gasteiger charge is -2.17. The summed E-state index contributed by atoms with van der Waals surface area (Å²) in [6, 6.07) is 7.38. The van der Waals surface area contributed by atoms with E-state index in [1.807, 2.05) is 19.1 Å². The molecule has 0 atom stereocenters. The van der Waals surface area contributed by atoms with Gasteiger partial charge in [0, 0.05) is 28.3 Å². The fourth-order valence-electron chi connectivity index (χ4n) is 2.13. The van der Waals surface area contributed by atoms with Crippen molar-refractivity contribution < 1.29 is 14.7 Å². The summed E-state index contributed by atoms with van der Waals surface area (Å²) in [5, 5.41) is 10.6. The number of aliphatic carboxylic acids is 1. The molecule has 2 aromatic rings. The molecule has 23 heavy (non-hydrogen) atoms. The number of hydrogen-bond donors (Lipinski definition) is 1. The molecule has 0 saturated carbocycles. The first-order chi connectivity index (χ1) is 10.7. The summed E-state index contributed by atoms with van der Waals surface area (Å²) in [7, 11) is 0. The molecule has 1 aromatic heterocycles. The van der Waals surface area contributed by atoms with Crippen molar-refractivity contribution in [3.63, 3.8) is 0 Å². The van der Waals surface area contributed by atoms with Crippen LogP contribution < -0.4 is 0 Å². The Kier molecular flexibility index (Phi) is 5.22. The third kappa shape index (κ3) is 4.39. The molecule has 0 saturated heterocycles. The van der Waals surface area contributed by atoms with Gasteiger partial charge >= 0.3 is 5.97 Å². The van der Waals surface area contributed by atoms with Crippen LogP contribution in [-0.4, -0.2) is 21.8 Å². The summed E-state index contributed by atoms with van der Waals surface area (Å²) >= 11 is 7.40. The van der Waals surface area contributed by atoms with Crippen LogP contribution in [-0.2, 0) is 16.0 Å². The number of hydrogen-bond acceptors (Lipinski definition) is 4. The lowest BCUT2D eigenvalue weighted by atomic mass is 9.86. The molecule has 0 amide bonds. The minimum Gasteiger partial charge on any atom is -0.481 e. The summed E-state index contributed by atoms with van der Waals surface area (Å²) in [5.41, 5.74) is 0.609. The minimum absolute atomic E-state index is 0.00439. The fourth-order valence-corrected chi connectivity index (χ4v) is 3.19. The highest BCUT2D eigenvalue weighted by atomic mass is 35.5. The number of carbonyl (C=O) groups excluding carboxylic acids is 1. The largest absolute Gasteiger partial charge is 0.481 e. The zero-order valence-corrected chi connectivity index (χ0v) is 14.8. The number of thiazole rings is 1. The number of Topliss-reactive ketones (excluding diaryl/α,β-unsaturated/α-hetero) is 1. The van der Waals surface area contributed by atoms with E-state index in [2.05, 4.69) is 4.98 Å². The first-order valence-electron chi connectivity index (χ1n) is 7.16. The van der Waals surface area contributed by atoms with Gasteiger partial charge in [-0.15, -0.1) is 11.3 Å². The van der Waals surface area contributed by atoms with Crippen molar-refractivity contribution in [3.8, 4) is 10.6 Å². The maximum atomic E-state index is 12.2. The van der Waals surface area contributed by atoms with Gasteiger partial charge in [-0.2, -0.15) is 0 Å². The maximum absolute atomic E-state index is 12.2. The topological polar surface area (TPSA) is 67.3 Å². The molecule has 6 heteroatoms. The minimum atomic E-state index is -1.06. The van der Waals surface area contributed by atoms with Gasteiger partial charge in [-0.25, -0.2) is 4.98 Å². The Balaban J connectivity index is 2.14. The van der Waals surface area contributed by atoms with Crippen LogP contribution in [0.4, 0.5) is 0 Å². The third-order valence-corrected chi connectivity index (χ3v) is 4.88. The van der Waals surface area contributed by atoms with E-state index in [0.29, 0.717) is 10.7 Å². The van der Waals surface area contributed by atoms with Crippen molar-refractivity contribution in [1.29, 1.82) is 0 Å². The number of carboxylic acids is 1. The molecule has 0 fully saturated rings. The van der Waals surface area contributed by atoms with Gasteiger partial charge in [0.1, 0.15) is 10.8 Å². The summed E-state index contributed by atoms with van der Waals surface area (Å²) in [6.07, 6.45) is 0.155. The number of benzene rings is 1. The smallest absolute Gasteiger partial charge is 0.309 e. The summed E-state index contributed by atoms with van der Waals surface area (Å²) in [6.45, 7) is 5.03. The Morgan fingerprint density at radius 1 is 1.26 bits per heavy atom. The molecule has 0 aliphatic heterocycles. The quantitative estimate of drug-likeness (QED) is 0.838. The van der Waals surface area contributed by atoms with E-state index in [1.165, 1.54) is 11.3 Å². The molecule has 0 bridgehead atoms. The van der Waals surface area contributed by atoms with E-state index >= 15 is 0 Å². The Bertz CT molecular complexity index is 735. The van der Waals surface area contributed by atoms with E-state index in [-0.39, 0.29) is 18.6 Å². The van der Waals surface area contributed by atoms with Crippen LogP contribution in [0.25, 0.3) is 10.6 Å². The van der Waals surface area contributed by atoms with Crippen LogP contribution in [0.1, 0.15) is 30.8 Å². The van der Waals surface area contributed by atoms with Crippen molar-refractivity contribution in [3.05, 3.63) is 39.9 Å². The fraction of sp³-hybridized carbons (Fsp3) is 0.353. The lowest BCUT2D eigenvalue weighted by molar-refractivity contribution is -0.149. The second kappa shape index (κ2) is 6.81. The molecule has 0 aliphatic rings. The van der Waals surface area contributed by atoms with Crippen LogP contribution in [0.15, 0.2) is 24.3 Å². The van der Waals surface area contributed by atoms with Crippen molar-refractivity contribution in [2.24, 2.45) is 5.41 Å². The Hall–Kier alpha value is -1.72. The van der Waals surface area contributed by atoms with Crippen molar-refractivity contribution >= 4 is 34.7 Å². The number of carboxylic acid groups (broad SMARTS) is 1. The highest BCUT2D eigenvalue weighted by molar-refractivity contribution is 7.15. The van der Waals surface area contributed by atoms with Crippen LogP contribution in [0.3, 0.4) is 0 Å². The monoisotopic (exact) mass is 351 g/mol. The van der Waals surface area contributed by atoms with E-state index < -0.39 is 11.4 Å². The summed E-state index contributed by atoms with van der Waals surface area (Å²) in [4.78, 5) is 28.8. The number of aryl methyl sites for hydroxylation is 1. The van der Waals surface area contributed by atoms with Crippen molar-refractivity contribution in [2.45, 2.75) is 33.6 Å². The second-order valence-electron chi connectivity index (χ2n) is 6.11. The van der Waals surface area contributed by atoms with E-state index in [1.54, 1.807) is 26.0 Å². The SMILES string of the molecule is Cc1sc(-c2ccc(Cl)cc2)nc1CC(=O)CC(C)(C)C(=O)O. The molecule has 0 aliphatic carbocycles. The zero-order chi connectivity index (χ0) is 17.2. The van der Waals surface area contributed by atoms with Gasteiger partial charge in [0.25, 0.3) is 0 Å². The van der Waals surface area contributed by atoms with Crippen LogP contribution in [0, 0.1) is 12.3 Å². The highest BCUT2D eigenvalue weighted by Gasteiger charge is 2.30. The number of halogens is 1. The maximum Gasteiger partial charge on any atom is 0.309 e. The molecule has 4 nitrogen and oxygen atoms in total. The average molecular weight is 352 g/mol. The number of aromatic nitrogens is 1. The van der Waals surface area contributed by atoms with E-state index in [0.717, 1.165) is 15.4 Å². The van der Waals surface area contributed by atoms with Gasteiger partial charge in [-0.3, -0.25) is 9.59 Å². The first-order valence-corrected chi connectivity index (χ1v) is 8.36. The Morgan fingerprint density at radius 3 is 2.43 bits per heavy atom. The number of rotatable bonds is 6. The molecule has 0 spiro atoms. The summed E-state index contributed by atoms with van der Waals surface area (Å²) < 4.78 is 0. The van der Waals surface area contributed by atoms with Gasteiger partial charge in [-0.1, -0.05) is 23.7 Å². The second-order valence-corrected chi connectivity index (χ2v) is 7.75. The number of ketones is 1. The molecular formula is C17H18ClNO3S. The molecular weight excluding hydrogens is 334 g/mol. The van der Waals surface area contributed by atoms with Gasteiger partial charge in [-0.05, 0) is 32.9 Å². The zero-order valence-electron chi connectivity index (χ0n) is 13.2. The average Bonchev–Trinajstić information content (AvgIpc) is 2.80. The van der Waals surface area contributed by atoms with E-state index in [9.17, 15) is 9.59 Å². The van der Waals surface area contributed by atoms with E-state index in [4.69, 9.17) is 16.7 Å². The normalized spacial score (nSPS) is 11.5. The lowest BCUT2D eigenvalue weighted by Crippen LogP contribution is -2.27. The molecule has 1 aromatic carbocycles. The summed E-state index contributed by atoms with van der Waals surface area (Å²) in [5.74, 6) is -1.09.